The number of halogens is 4. The SMILES string of the molecule is O=[SH](=O)COc1ccc(F)c(C(F)(F)F)c1. The van der Waals surface area contributed by atoms with E-state index in [0.29, 0.717) is 12.1 Å². The van der Waals surface area contributed by atoms with Gasteiger partial charge in [-0.2, -0.15) is 13.2 Å². The van der Waals surface area contributed by atoms with Crippen LogP contribution in [0, 0.1) is 5.82 Å². The highest BCUT2D eigenvalue weighted by Gasteiger charge is 2.34. The van der Waals surface area contributed by atoms with Crippen LogP contribution in [0.1, 0.15) is 5.56 Å². The van der Waals surface area contributed by atoms with Crippen molar-refractivity contribution in [1.82, 2.24) is 0 Å². The molecule has 0 N–H and O–H groups in total. The molecule has 0 radical (unpaired) electrons. The minimum absolute atomic E-state index is 0.354. The first-order valence-corrected chi connectivity index (χ1v) is 5.28. The Balaban J connectivity index is 2.98. The van der Waals surface area contributed by atoms with Gasteiger partial charge in [-0.1, -0.05) is 0 Å². The average Bonchev–Trinajstić information content (AvgIpc) is 2.14. The second-order valence-corrected chi connectivity index (χ2v) is 3.67. The van der Waals surface area contributed by atoms with Gasteiger partial charge in [-0.3, -0.25) is 0 Å². The van der Waals surface area contributed by atoms with Crippen molar-refractivity contribution < 1.29 is 30.7 Å². The molecule has 16 heavy (non-hydrogen) atoms. The molecular formula is C8H6F4O3S. The topological polar surface area (TPSA) is 43.4 Å². The van der Waals surface area contributed by atoms with Crippen LogP contribution in [0.15, 0.2) is 18.2 Å². The molecule has 0 aliphatic rings. The standard InChI is InChI=1S/C8H6F4O3S/c9-7-2-1-5(15-4-16(13)14)3-6(7)8(10,11)12/h1-3,16H,4H2. The fourth-order valence-corrected chi connectivity index (χ4v) is 1.19. The lowest BCUT2D eigenvalue weighted by atomic mass is 10.2. The molecule has 90 valence electrons. The third-order valence-electron chi connectivity index (χ3n) is 1.58. The molecule has 3 nitrogen and oxygen atoms in total. The highest BCUT2D eigenvalue weighted by atomic mass is 32.2. The average molecular weight is 258 g/mol. The monoisotopic (exact) mass is 258 g/mol. The molecule has 0 aliphatic carbocycles. The fourth-order valence-electron chi connectivity index (χ4n) is 0.939. The summed E-state index contributed by atoms with van der Waals surface area (Å²) in [5.41, 5.74) is -1.49. The van der Waals surface area contributed by atoms with E-state index in [-0.39, 0.29) is 5.75 Å². The fraction of sp³-hybridized carbons (Fsp3) is 0.250. The molecule has 0 saturated heterocycles. The van der Waals surface area contributed by atoms with Crippen molar-refractivity contribution >= 4 is 10.7 Å². The summed E-state index contributed by atoms with van der Waals surface area (Å²) >= 11 is 0. The molecule has 0 spiro atoms. The van der Waals surface area contributed by atoms with Gasteiger partial charge in [-0.15, -0.1) is 0 Å². The zero-order valence-corrected chi connectivity index (χ0v) is 8.52. The van der Waals surface area contributed by atoms with Crippen LogP contribution in [-0.2, 0) is 16.9 Å². The molecule has 0 aliphatic heterocycles. The van der Waals surface area contributed by atoms with Gasteiger partial charge in [-0.05, 0) is 18.2 Å². The third-order valence-corrected chi connectivity index (χ3v) is 1.92. The van der Waals surface area contributed by atoms with Crippen LogP contribution < -0.4 is 4.74 Å². The summed E-state index contributed by atoms with van der Waals surface area (Å²) in [6.45, 7) is 0. The van der Waals surface area contributed by atoms with E-state index >= 15 is 0 Å². The molecule has 0 fully saturated rings. The summed E-state index contributed by atoms with van der Waals surface area (Å²) in [6.07, 6.45) is -4.84. The van der Waals surface area contributed by atoms with Gasteiger partial charge in [0.15, 0.2) is 16.6 Å². The summed E-state index contributed by atoms with van der Waals surface area (Å²) in [5, 5.41) is 0. The molecule has 0 unspecified atom stereocenters. The molecule has 1 rings (SSSR count). The Morgan fingerprint density at radius 3 is 2.38 bits per heavy atom. The molecule has 0 amide bonds. The van der Waals surface area contributed by atoms with Gasteiger partial charge in [0.25, 0.3) is 0 Å². The van der Waals surface area contributed by atoms with E-state index < -0.39 is 34.2 Å². The Bertz CT molecular complexity index is 445. The lowest BCUT2D eigenvalue weighted by Crippen LogP contribution is -2.09. The van der Waals surface area contributed by atoms with Crippen molar-refractivity contribution in [1.29, 1.82) is 0 Å². The minimum atomic E-state index is -4.84. The van der Waals surface area contributed by atoms with Crippen molar-refractivity contribution in [2.24, 2.45) is 0 Å². The first kappa shape index (κ1) is 12.8. The molecule has 0 bridgehead atoms. The molecular weight excluding hydrogens is 252 g/mol. The van der Waals surface area contributed by atoms with Crippen LogP contribution in [0.3, 0.4) is 0 Å². The zero-order valence-electron chi connectivity index (χ0n) is 7.62. The summed E-state index contributed by atoms with van der Waals surface area (Å²) in [4.78, 5) is 0. The van der Waals surface area contributed by atoms with E-state index in [2.05, 4.69) is 4.74 Å². The Morgan fingerprint density at radius 1 is 1.25 bits per heavy atom. The number of hydrogen-bond acceptors (Lipinski definition) is 3. The predicted molar refractivity (Wildman–Crippen MR) is 47.2 cm³/mol. The maximum atomic E-state index is 12.8. The predicted octanol–water partition coefficient (Wildman–Crippen LogP) is 1.79. The largest absolute Gasteiger partial charge is 0.478 e. The lowest BCUT2D eigenvalue weighted by Gasteiger charge is -2.09. The second-order valence-electron chi connectivity index (χ2n) is 2.75. The summed E-state index contributed by atoms with van der Waals surface area (Å²) in [7, 11) is -2.87. The van der Waals surface area contributed by atoms with Gasteiger partial charge >= 0.3 is 6.18 Å². The van der Waals surface area contributed by atoms with Gasteiger partial charge in [0.05, 0.1) is 5.56 Å². The second kappa shape index (κ2) is 4.69. The highest BCUT2D eigenvalue weighted by Crippen LogP contribution is 2.33. The van der Waals surface area contributed by atoms with E-state index in [4.69, 9.17) is 0 Å². The van der Waals surface area contributed by atoms with Crippen molar-refractivity contribution in [2.45, 2.75) is 6.18 Å². The van der Waals surface area contributed by atoms with Crippen molar-refractivity contribution in [3.63, 3.8) is 0 Å². The van der Waals surface area contributed by atoms with Crippen LogP contribution in [0.4, 0.5) is 17.6 Å². The number of thiol groups is 1. The number of alkyl halides is 3. The maximum Gasteiger partial charge on any atom is 0.419 e. The Labute approximate surface area is 89.6 Å². The van der Waals surface area contributed by atoms with E-state index in [0.717, 1.165) is 6.07 Å². The maximum absolute atomic E-state index is 12.8. The van der Waals surface area contributed by atoms with E-state index in [1.165, 1.54) is 0 Å². The third kappa shape index (κ3) is 3.37. The van der Waals surface area contributed by atoms with Crippen LogP contribution in [-0.4, -0.2) is 14.4 Å². The van der Waals surface area contributed by atoms with Crippen LogP contribution in [0.25, 0.3) is 0 Å². The first-order valence-electron chi connectivity index (χ1n) is 3.92. The van der Waals surface area contributed by atoms with Gasteiger partial charge in [0.2, 0.25) is 0 Å². The van der Waals surface area contributed by atoms with E-state index in [1.807, 2.05) is 0 Å². The zero-order chi connectivity index (χ0) is 12.3. The van der Waals surface area contributed by atoms with Crippen molar-refractivity contribution in [3.8, 4) is 5.75 Å². The van der Waals surface area contributed by atoms with Gasteiger partial charge in [-0.25, -0.2) is 12.8 Å². The molecule has 1 aromatic rings. The summed E-state index contributed by atoms with van der Waals surface area (Å²) < 4.78 is 74.2. The van der Waals surface area contributed by atoms with Crippen LogP contribution in [0.2, 0.25) is 0 Å². The molecule has 8 heteroatoms. The molecule has 0 atom stereocenters. The van der Waals surface area contributed by atoms with Crippen LogP contribution >= 0.6 is 0 Å². The van der Waals surface area contributed by atoms with Gasteiger partial charge in [0.1, 0.15) is 11.6 Å². The van der Waals surface area contributed by atoms with Crippen molar-refractivity contribution in [2.75, 3.05) is 5.94 Å². The van der Waals surface area contributed by atoms with E-state index in [1.54, 1.807) is 0 Å². The highest BCUT2D eigenvalue weighted by molar-refractivity contribution is 7.72. The first-order chi connectivity index (χ1) is 7.30. The Hall–Kier alpha value is -1.31. The molecule has 0 saturated carbocycles. The Morgan fingerprint density at radius 2 is 1.88 bits per heavy atom. The number of benzene rings is 1. The number of hydrogen-bond donors (Lipinski definition) is 1. The molecule has 0 heterocycles. The van der Waals surface area contributed by atoms with Crippen molar-refractivity contribution in [3.05, 3.63) is 29.6 Å². The number of ether oxygens (including phenoxy) is 1. The smallest absolute Gasteiger partial charge is 0.419 e. The summed E-state index contributed by atoms with van der Waals surface area (Å²) in [5.74, 6) is -2.54. The minimum Gasteiger partial charge on any atom is -0.478 e. The van der Waals surface area contributed by atoms with Gasteiger partial charge < -0.3 is 4.74 Å². The Kier molecular flexibility index (Phi) is 3.74. The van der Waals surface area contributed by atoms with Gasteiger partial charge in [0, 0.05) is 0 Å². The molecule has 1 aromatic carbocycles. The van der Waals surface area contributed by atoms with E-state index in [9.17, 15) is 26.0 Å². The summed E-state index contributed by atoms with van der Waals surface area (Å²) in [6, 6.07) is 1.90. The lowest BCUT2D eigenvalue weighted by molar-refractivity contribution is -0.140. The number of rotatable bonds is 3. The van der Waals surface area contributed by atoms with Crippen LogP contribution in [0.5, 0.6) is 5.75 Å². The normalized spacial score (nSPS) is 11.8. The quantitative estimate of drug-likeness (QED) is 0.664. The molecule has 0 aromatic heterocycles.